The second kappa shape index (κ2) is 23.6. The summed E-state index contributed by atoms with van der Waals surface area (Å²) < 4.78 is 62.6. The minimum atomic E-state index is -5.59. The molecule has 2 aromatic heterocycles. The van der Waals surface area contributed by atoms with E-state index in [-0.39, 0.29) is 48.7 Å². The van der Waals surface area contributed by atoms with Crippen LogP contribution in [0.3, 0.4) is 0 Å². The smallest absolute Gasteiger partial charge is 0.386 e. The monoisotopic (exact) mass is 1020 g/mol. The van der Waals surface area contributed by atoms with Gasteiger partial charge in [-0.15, -0.1) is 0 Å². The van der Waals surface area contributed by atoms with Crippen molar-refractivity contribution in [3.05, 3.63) is 48.0 Å². The van der Waals surface area contributed by atoms with E-state index in [1.165, 1.54) is 25.0 Å². The lowest BCUT2D eigenvalue weighted by molar-refractivity contribution is -0.137. The molecule has 24 nitrogen and oxygen atoms in total. The molecule has 1 fully saturated rings. The lowest BCUT2D eigenvalue weighted by Crippen LogP contribution is -2.46. The van der Waals surface area contributed by atoms with Crippen LogP contribution in [0.25, 0.3) is 11.2 Å². The number of phosphoric acid groups is 3. The molecule has 0 radical (unpaired) electrons. The Morgan fingerprint density at radius 1 is 0.853 bits per heavy atom. The Balaban J connectivity index is 1.16. The van der Waals surface area contributed by atoms with E-state index in [1.54, 1.807) is 0 Å². The van der Waals surface area contributed by atoms with E-state index in [1.807, 2.05) is 13.8 Å². The highest BCUT2D eigenvalue weighted by atomic mass is 31.3. The number of aliphatic hydroxyl groups is 2. The Morgan fingerprint density at radius 2 is 1.44 bits per heavy atom. The molecule has 4 rings (SSSR count). The van der Waals surface area contributed by atoms with Gasteiger partial charge in [0, 0.05) is 36.8 Å². The van der Waals surface area contributed by atoms with Gasteiger partial charge in [0.05, 0.1) is 19.5 Å². The number of fused-ring (bicyclic) bond motifs is 1. The Hall–Kier alpha value is -3.57. The number of phosphoric ester groups is 3. The average Bonchev–Trinajstić information content (AvgIpc) is 3.78. The standard InChI is InChI=1S/C41H66N7O17P3/c1-39(2,3)18-8-10-26-12-14-27(15-13-26)11-9-19-40(4,5)29(49)16-20-43-30(50)17-21-44-37(53)34(52)41(6,7)23-62-68(59,60)65-67(57,58)61-22-28-33(64-66(54,55)56)32(51)38(63-28)48-25-47-31-35(42)45-24-46-36(31)48/h12-15,24-25,28,32-34,38,51-52H,8-11,16-23H2,1-7H3,(H,43,50)(H,44,53)(H,57,58)(H,59,60)(H2,42,45,46)(H2,54,55,56). The van der Waals surface area contributed by atoms with Crippen LogP contribution in [-0.2, 0) is 63.5 Å². The summed E-state index contributed by atoms with van der Waals surface area (Å²) in [5, 5.41) is 26.7. The van der Waals surface area contributed by atoms with Crippen LogP contribution in [0.4, 0.5) is 5.82 Å². The molecular formula is C41H66N7O17P3. The predicted molar refractivity (Wildman–Crippen MR) is 245 cm³/mol. The quantitative estimate of drug-likeness (QED) is 0.0491. The number of rotatable bonds is 27. The summed E-state index contributed by atoms with van der Waals surface area (Å²) in [6.45, 7) is 10.9. The van der Waals surface area contributed by atoms with Crippen molar-refractivity contribution >= 4 is 58.0 Å². The van der Waals surface area contributed by atoms with Gasteiger partial charge in [0.25, 0.3) is 0 Å². The van der Waals surface area contributed by atoms with Crippen LogP contribution < -0.4 is 16.4 Å². The van der Waals surface area contributed by atoms with E-state index in [0.29, 0.717) is 11.8 Å². The Labute approximate surface area is 394 Å². The number of nitrogens with zero attached hydrogens (tertiary/aromatic N) is 4. The maximum Gasteiger partial charge on any atom is 0.481 e. The molecule has 1 saturated heterocycles. The number of amides is 2. The van der Waals surface area contributed by atoms with Crippen LogP contribution in [0.1, 0.15) is 104 Å². The Kier molecular flexibility index (Phi) is 19.8. The SMILES string of the molecule is CC(C)(C)CCCc1ccc(CCCC(C)(C)C(=O)CCNC(=O)CCNC(=O)C(O)C(C)(C)COP(=O)(O)OP(=O)(O)OCC2OC(n3cnc4c(N)ncnc43)C(O)C2OP(=O)(O)O)cc1. The molecule has 3 aromatic rings. The van der Waals surface area contributed by atoms with Crippen LogP contribution in [0, 0.1) is 16.2 Å². The van der Waals surface area contributed by atoms with E-state index in [2.05, 4.69) is 79.5 Å². The summed E-state index contributed by atoms with van der Waals surface area (Å²) in [6, 6.07) is 8.64. The third-order valence-electron chi connectivity index (χ3n) is 11.2. The van der Waals surface area contributed by atoms with Crippen molar-refractivity contribution in [3.8, 4) is 0 Å². The zero-order valence-electron chi connectivity index (χ0n) is 39.2. The second-order valence-electron chi connectivity index (χ2n) is 19.2. The van der Waals surface area contributed by atoms with Gasteiger partial charge in [-0.3, -0.25) is 32.5 Å². The number of hydrogen-bond acceptors (Lipinski definition) is 17. The van der Waals surface area contributed by atoms with Gasteiger partial charge in [0.15, 0.2) is 17.7 Å². The average molecular weight is 1020 g/mol. The number of anilines is 1. The second-order valence-corrected chi connectivity index (χ2v) is 23.4. The van der Waals surface area contributed by atoms with Crippen LogP contribution in [0.15, 0.2) is 36.9 Å². The minimum Gasteiger partial charge on any atom is -0.386 e. The van der Waals surface area contributed by atoms with Gasteiger partial charge in [-0.2, -0.15) is 4.31 Å². The highest BCUT2D eigenvalue weighted by Crippen LogP contribution is 2.61. The molecule has 7 unspecified atom stereocenters. The molecule has 0 aliphatic carbocycles. The number of hydrogen-bond donors (Lipinski definition) is 9. The van der Waals surface area contributed by atoms with Crippen molar-refractivity contribution in [1.29, 1.82) is 0 Å². The van der Waals surface area contributed by atoms with E-state index in [9.17, 15) is 57.9 Å². The van der Waals surface area contributed by atoms with Crippen molar-refractivity contribution in [2.75, 3.05) is 32.0 Å². The normalized spacial score (nSPS) is 20.4. The Morgan fingerprint density at radius 3 is 2.04 bits per heavy atom. The van der Waals surface area contributed by atoms with Gasteiger partial charge in [0.2, 0.25) is 11.8 Å². The molecule has 382 valence electrons. The van der Waals surface area contributed by atoms with Crippen molar-refractivity contribution < 1.29 is 80.5 Å². The molecule has 10 N–H and O–H groups in total. The molecule has 2 amide bonds. The summed E-state index contributed by atoms with van der Waals surface area (Å²) in [6.07, 6.45) is -1.16. The number of ketones is 1. The van der Waals surface area contributed by atoms with Crippen LogP contribution in [0.2, 0.25) is 0 Å². The summed E-state index contributed by atoms with van der Waals surface area (Å²) in [4.78, 5) is 89.5. The van der Waals surface area contributed by atoms with Gasteiger partial charge < -0.3 is 50.9 Å². The predicted octanol–water partition coefficient (Wildman–Crippen LogP) is 3.78. The molecule has 0 bridgehead atoms. The lowest BCUT2D eigenvalue weighted by Gasteiger charge is -2.30. The third kappa shape index (κ3) is 17.7. The molecule has 68 heavy (non-hydrogen) atoms. The number of Topliss-reactive ketones (excluding diaryl/α,β-unsaturated/α-hetero) is 1. The first kappa shape index (κ1) is 57.0. The van der Waals surface area contributed by atoms with E-state index in [0.717, 1.165) is 49.3 Å². The number of ether oxygens (including phenoxy) is 1. The van der Waals surface area contributed by atoms with E-state index >= 15 is 0 Å². The fraction of sp³-hybridized carbons (Fsp3) is 0.659. The molecule has 27 heteroatoms. The first-order valence-electron chi connectivity index (χ1n) is 21.9. The number of imidazole rings is 1. The first-order valence-corrected chi connectivity index (χ1v) is 26.4. The maximum atomic E-state index is 13.0. The van der Waals surface area contributed by atoms with Gasteiger partial charge in [-0.25, -0.2) is 28.6 Å². The molecular weight excluding hydrogens is 955 g/mol. The largest absolute Gasteiger partial charge is 0.481 e. The maximum absolute atomic E-state index is 13.0. The number of nitrogens with two attached hydrogens (primary N) is 1. The van der Waals surface area contributed by atoms with E-state index < -0.39 is 90.0 Å². The summed E-state index contributed by atoms with van der Waals surface area (Å²) in [7, 11) is -16.4. The van der Waals surface area contributed by atoms with Gasteiger partial charge in [-0.1, -0.05) is 72.7 Å². The summed E-state index contributed by atoms with van der Waals surface area (Å²) in [5.41, 5.74) is 6.52. The lowest BCUT2D eigenvalue weighted by atomic mass is 9.81. The Bertz CT molecular complexity index is 2340. The molecule has 7 atom stereocenters. The van der Waals surface area contributed by atoms with Crippen LogP contribution in [0.5, 0.6) is 0 Å². The number of aliphatic hydroxyl groups excluding tert-OH is 2. The molecule has 3 heterocycles. The molecule has 0 saturated carbocycles. The summed E-state index contributed by atoms with van der Waals surface area (Å²) in [5.74, 6) is -1.49. The topological polar surface area (TPSA) is 364 Å². The highest BCUT2D eigenvalue weighted by molar-refractivity contribution is 7.61. The zero-order valence-corrected chi connectivity index (χ0v) is 41.9. The molecule has 1 aliphatic heterocycles. The number of aromatic nitrogens is 4. The van der Waals surface area contributed by atoms with Gasteiger partial charge in [-0.05, 0) is 55.1 Å². The molecule has 1 aromatic carbocycles. The van der Waals surface area contributed by atoms with Crippen molar-refractivity contribution in [2.24, 2.45) is 16.2 Å². The summed E-state index contributed by atoms with van der Waals surface area (Å²) >= 11 is 0. The highest BCUT2D eigenvalue weighted by Gasteiger charge is 2.50. The van der Waals surface area contributed by atoms with Crippen molar-refractivity contribution in [2.45, 2.75) is 130 Å². The fourth-order valence-electron chi connectivity index (χ4n) is 7.16. The fourth-order valence-corrected chi connectivity index (χ4v) is 9.99. The van der Waals surface area contributed by atoms with E-state index in [4.69, 9.17) is 19.5 Å². The number of nitrogen functional groups attached to an aromatic ring is 1. The number of aryl methyl sites for hydroxylation is 2. The zero-order chi connectivity index (χ0) is 50.9. The molecule has 0 spiro atoms. The first-order chi connectivity index (χ1) is 31.4. The van der Waals surface area contributed by atoms with Crippen molar-refractivity contribution in [1.82, 2.24) is 30.2 Å². The minimum absolute atomic E-state index is 0.00120. The number of benzene rings is 1. The van der Waals surface area contributed by atoms with Gasteiger partial charge in [0.1, 0.15) is 42.0 Å². The third-order valence-corrected chi connectivity index (χ3v) is 14.3. The number of carbonyl (C=O) groups excluding carboxylic acids is 3. The number of carbonyl (C=O) groups is 3. The van der Waals surface area contributed by atoms with Gasteiger partial charge >= 0.3 is 23.5 Å². The molecule has 1 aliphatic rings. The van der Waals surface area contributed by atoms with Crippen molar-refractivity contribution in [3.63, 3.8) is 0 Å². The van der Waals surface area contributed by atoms with Crippen LogP contribution in [-0.4, -0.2) is 118 Å². The number of nitrogens with one attached hydrogen (secondary N) is 2. The van der Waals surface area contributed by atoms with Crippen LogP contribution >= 0.6 is 23.5 Å².